The highest BCUT2D eigenvalue weighted by molar-refractivity contribution is 9.10. The second-order valence-electron chi connectivity index (χ2n) is 3.21. The van der Waals surface area contributed by atoms with E-state index in [0.717, 1.165) is 10.0 Å². The van der Waals surface area contributed by atoms with Crippen molar-refractivity contribution in [2.75, 3.05) is 0 Å². The summed E-state index contributed by atoms with van der Waals surface area (Å²) < 4.78 is 6.28. The predicted octanol–water partition coefficient (Wildman–Crippen LogP) is 2.73. The molecular weight excluding hydrogens is 274 g/mol. The molecule has 0 radical (unpaired) electrons. The van der Waals surface area contributed by atoms with E-state index in [2.05, 4.69) is 20.9 Å². The van der Waals surface area contributed by atoms with E-state index in [1.807, 2.05) is 24.3 Å². The Morgan fingerprint density at radius 1 is 1.38 bits per heavy atom. The first-order valence-corrected chi connectivity index (χ1v) is 5.37. The molecule has 0 aliphatic heterocycles. The van der Waals surface area contributed by atoms with Crippen LogP contribution in [0.4, 0.5) is 0 Å². The van der Waals surface area contributed by atoms with Gasteiger partial charge < -0.3 is 9.52 Å². The van der Waals surface area contributed by atoms with Crippen molar-refractivity contribution in [3.05, 3.63) is 40.7 Å². The van der Waals surface area contributed by atoms with Crippen LogP contribution in [0.1, 0.15) is 5.76 Å². The molecule has 1 heterocycles. The number of hydrogen-bond acceptors (Lipinski definition) is 3. The Kier molecular flexibility index (Phi) is 3.05. The molecule has 2 aromatic rings. The second kappa shape index (κ2) is 4.49. The molecule has 0 spiro atoms. The summed E-state index contributed by atoms with van der Waals surface area (Å²) in [6.07, 6.45) is 1.29. The molecule has 1 aromatic heterocycles. The molecule has 0 saturated heterocycles. The van der Waals surface area contributed by atoms with E-state index in [-0.39, 0.29) is 6.42 Å². The van der Waals surface area contributed by atoms with E-state index in [1.54, 1.807) is 0 Å². The highest BCUT2D eigenvalue weighted by atomic mass is 79.9. The minimum absolute atomic E-state index is 0.149. The maximum Gasteiger partial charge on any atom is 0.311 e. The monoisotopic (exact) mass is 281 g/mol. The molecule has 0 aliphatic rings. The third-order valence-electron chi connectivity index (χ3n) is 1.97. The molecule has 1 aromatic carbocycles. The van der Waals surface area contributed by atoms with Crippen LogP contribution in [0.15, 0.2) is 39.4 Å². The number of carbonyl (C=O) groups is 1. The minimum Gasteiger partial charge on any atom is -0.481 e. The summed E-state index contributed by atoms with van der Waals surface area (Å²) >= 11 is 3.33. The number of benzene rings is 1. The fraction of sp³-hybridized carbons (Fsp3) is 0.0909. The van der Waals surface area contributed by atoms with Crippen molar-refractivity contribution < 1.29 is 14.3 Å². The lowest BCUT2D eigenvalue weighted by Crippen LogP contribution is -1.97. The van der Waals surface area contributed by atoms with E-state index in [0.29, 0.717) is 11.7 Å². The first-order valence-electron chi connectivity index (χ1n) is 4.57. The van der Waals surface area contributed by atoms with E-state index >= 15 is 0 Å². The van der Waals surface area contributed by atoms with E-state index in [1.165, 1.54) is 6.20 Å². The molecule has 0 fully saturated rings. The zero-order chi connectivity index (χ0) is 11.5. The number of aromatic nitrogens is 1. The van der Waals surface area contributed by atoms with Gasteiger partial charge in [0, 0.05) is 10.0 Å². The van der Waals surface area contributed by atoms with Gasteiger partial charge in [0.15, 0.2) is 0 Å². The number of rotatable bonds is 3. The van der Waals surface area contributed by atoms with Crippen LogP contribution in [0, 0.1) is 0 Å². The van der Waals surface area contributed by atoms with Crippen LogP contribution in [-0.2, 0) is 11.2 Å². The van der Waals surface area contributed by atoms with Gasteiger partial charge in [-0.25, -0.2) is 4.98 Å². The molecule has 0 atom stereocenters. The highest BCUT2D eigenvalue weighted by Gasteiger charge is 2.09. The molecule has 2 rings (SSSR count). The predicted molar refractivity (Wildman–Crippen MR) is 61.0 cm³/mol. The molecule has 0 bridgehead atoms. The van der Waals surface area contributed by atoms with Gasteiger partial charge in [0.25, 0.3) is 0 Å². The fourth-order valence-corrected chi connectivity index (χ4v) is 1.53. The lowest BCUT2D eigenvalue weighted by molar-refractivity contribution is -0.136. The summed E-state index contributed by atoms with van der Waals surface area (Å²) in [5, 5.41) is 8.59. The van der Waals surface area contributed by atoms with Crippen molar-refractivity contribution in [1.82, 2.24) is 4.98 Å². The normalized spacial score (nSPS) is 10.3. The van der Waals surface area contributed by atoms with Gasteiger partial charge in [-0.3, -0.25) is 4.79 Å². The average Bonchev–Trinajstić information content (AvgIpc) is 2.66. The van der Waals surface area contributed by atoms with Crippen LogP contribution in [0.25, 0.3) is 11.5 Å². The lowest BCUT2D eigenvalue weighted by atomic mass is 10.2. The third-order valence-corrected chi connectivity index (χ3v) is 2.50. The number of aliphatic carboxylic acids is 1. The topological polar surface area (TPSA) is 63.3 Å². The standard InChI is InChI=1S/C11H8BrNO3/c12-8-3-1-7(2-4-8)11-13-6-9(16-11)5-10(14)15/h1-4,6H,5H2,(H,14,15). The van der Waals surface area contributed by atoms with Crippen LogP contribution in [0.2, 0.25) is 0 Å². The van der Waals surface area contributed by atoms with Crippen molar-refractivity contribution in [2.24, 2.45) is 0 Å². The highest BCUT2D eigenvalue weighted by Crippen LogP contribution is 2.21. The van der Waals surface area contributed by atoms with Crippen molar-refractivity contribution >= 4 is 21.9 Å². The third kappa shape index (κ3) is 2.49. The molecule has 0 amide bonds. The molecule has 5 heteroatoms. The Labute approximate surface area is 100 Å². The Morgan fingerprint density at radius 3 is 2.69 bits per heavy atom. The van der Waals surface area contributed by atoms with Gasteiger partial charge in [-0.1, -0.05) is 15.9 Å². The summed E-state index contributed by atoms with van der Waals surface area (Å²) in [5.41, 5.74) is 0.819. The van der Waals surface area contributed by atoms with E-state index < -0.39 is 5.97 Å². The minimum atomic E-state index is -0.932. The van der Waals surface area contributed by atoms with Crippen molar-refractivity contribution in [1.29, 1.82) is 0 Å². The van der Waals surface area contributed by atoms with Crippen molar-refractivity contribution in [3.63, 3.8) is 0 Å². The van der Waals surface area contributed by atoms with Crippen LogP contribution in [0.5, 0.6) is 0 Å². The van der Waals surface area contributed by atoms with Crippen molar-refractivity contribution in [2.45, 2.75) is 6.42 Å². The summed E-state index contributed by atoms with van der Waals surface area (Å²) in [5.74, 6) is -0.146. The SMILES string of the molecule is O=C(O)Cc1cnc(-c2ccc(Br)cc2)o1. The quantitative estimate of drug-likeness (QED) is 0.940. The van der Waals surface area contributed by atoms with Gasteiger partial charge in [-0.15, -0.1) is 0 Å². The Hall–Kier alpha value is -1.62. The van der Waals surface area contributed by atoms with Crippen LogP contribution in [0.3, 0.4) is 0 Å². The Balaban J connectivity index is 2.24. The zero-order valence-corrected chi connectivity index (χ0v) is 9.77. The van der Waals surface area contributed by atoms with Crippen molar-refractivity contribution in [3.8, 4) is 11.5 Å². The van der Waals surface area contributed by atoms with E-state index in [4.69, 9.17) is 9.52 Å². The molecule has 4 nitrogen and oxygen atoms in total. The number of hydrogen-bond donors (Lipinski definition) is 1. The molecule has 0 aliphatic carbocycles. The van der Waals surface area contributed by atoms with E-state index in [9.17, 15) is 4.79 Å². The van der Waals surface area contributed by atoms with Gasteiger partial charge in [-0.2, -0.15) is 0 Å². The number of nitrogens with zero attached hydrogens (tertiary/aromatic N) is 1. The number of carboxylic acids is 1. The van der Waals surface area contributed by atoms with Gasteiger partial charge >= 0.3 is 5.97 Å². The molecule has 0 saturated carbocycles. The van der Waals surface area contributed by atoms with Gasteiger partial charge in [-0.05, 0) is 24.3 Å². The summed E-state index contributed by atoms with van der Waals surface area (Å²) in [4.78, 5) is 14.5. The van der Waals surface area contributed by atoms with Gasteiger partial charge in [0.05, 0.1) is 6.20 Å². The smallest absolute Gasteiger partial charge is 0.311 e. The average molecular weight is 282 g/mol. The summed E-state index contributed by atoms with van der Waals surface area (Å²) in [6.45, 7) is 0. The largest absolute Gasteiger partial charge is 0.481 e. The Morgan fingerprint density at radius 2 is 2.06 bits per heavy atom. The number of oxazole rings is 1. The van der Waals surface area contributed by atoms with Crippen LogP contribution >= 0.6 is 15.9 Å². The molecule has 1 N–H and O–H groups in total. The number of carboxylic acid groups (broad SMARTS) is 1. The maximum atomic E-state index is 10.5. The molecule has 0 unspecified atom stereocenters. The Bertz CT molecular complexity index is 504. The first-order chi connectivity index (χ1) is 7.65. The first kappa shape index (κ1) is 10.9. The summed E-state index contributed by atoms with van der Waals surface area (Å²) in [7, 11) is 0. The number of halogens is 1. The van der Waals surface area contributed by atoms with Crippen LogP contribution in [-0.4, -0.2) is 16.1 Å². The van der Waals surface area contributed by atoms with Crippen LogP contribution < -0.4 is 0 Å². The zero-order valence-electron chi connectivity index (χ0n) is 8.18. The molecule has 82 valence electrons. The van der Waals surface area contributed by atoms with Gasteiger partial charge in [0.1, 0.15) is 12.2 Å². The van der Waals surface area contributed by atoms with Gasteiger partial charge in [0.2, 0.25) is 5.89 Å². The summed E-state index contributed by atoms with van der Waals surface area (Å²) in [6, 6.07) is 7.44. The lowest BCUT2D eigenvalue weighted by Gasteiger charge is -1.95. The molecular formula is C11H8BrNO3. The molecule has 16 heavy (non-hydrogen) atoms. The maximum absolute atomic E-state index is 10.5. The second-order valence-corrected chi connectivity index (χ2v) is 4.12. The fourth-order valence-electron chi connectivity index (χ4n) is 1.26.